The number of benzene rings is 1. The van der Waals surface area contributed by atoms with E-state index in [9.17, 15) is 18.4 Å². The Morgan fingerprint density at radius 2 is 1.85 bits per heavy atom. The fourth-order valence-corrected chi connectivity index (χ4v) is 5.03. The molecule has 2 heterocycles. The molecule has 4 nitrogen and oxygen atoms in total. The number of carbonyl (C=O) groups is 2. The molecule has 0 N–H and O–H groups in total. The summed E-state index contributed by atoms with van der Waals surface area (Å²) < 4.78 is 26.6. The van der Waals surface area contributed by atoms with Gasteiger partial charge in [0, 0.05) is 32.1 Å². The van der Waals surface area contributed by atoms with Gasteiger partial charge in [-0.15, -0.1) is 0 Å². The van der Waals surface area contributed by atoms with Gasteiger partial charge in [-0.1, -0.05) is 18.9 Å². The number of amides is 2. The van der Waals surface area contributed by atoms with Crippen LogP contribution in [0.5, 0.6) is 0 Å². The average Bonchev–Trinajstić information content (AvgIpc) is 3.33. The lowest BCUT2D eigenvalue weighted by Gasteiger charge is -2.39. The first-order valence-electron chi connectivity index (χ1n) is 10.0. The van der Waals surface area contributed by atoms with Crippen LogP contribution in [0, 0.1) is 23.0 Å². The molecule has 1 atom stereocenters. The molecule has 2 amide bonds. The van der Waals surface area contributed by atoms with Crippen molar-refractivity contribution in [2.24, 2.45) is 11.3 Å². The third-order valence-electron chi connectivity index (χ3n) is 6.55. The van der Waals surface area contributed by atoms with Crippen molar-refractivity contribution in [3.05, 3.63) is 35.4 Å². The van der Waals surface area contributed by atoms with Crippen LogP contribution in [-0.2, 0) is 16.1 Å². The lowest BCUT2D eigenvalue weighted by Crippen LogP contribution is -2.50. The predicted octanol–water partition coefficient (Wildman–Crippen LogP) is 3.50. The molecule has 1 unspecified atom stereocenters. The highest BCUT2D eigenvalue weighted by molar-refractivity contribution is 5.86. The molecule has 0 radical (unpaired) electrons. The molecular weight excluding hydrogens is 350 g/mol. The largest absolute Gasteiger partial charge is 0.341 e. The monoisotopic (exact) mass is 376 g/mol. The maximum Gasteiger partial charge on any atom is 0.230 e. The molecule has 1 aromatic carbocycles. The van der Waals surface area contributed by atoms with Crippen LogP contribution in [0.15, 0.2) is 18.2 Å². The number of hydrogen-bond acceptors (Lipinski definition) is 2. The third-order valence-corrected chi connectivity index (χ3v) is 6.55. The highest BCUT2D eigenvalue weighted by atomic mass is 19.2. The van der Waals surface area contributed by atoms with Crippen molar-refractivity contribution in [2.45, 2.75) is 51.5 Å². The summed E-state index contributed by atoms with van der Waals surface area (Å²) in [7, 11) is 0. The topological polar surface area (TPSA) is 40.6 Å². The molecule has 1 aromatic rings. The predicted molar refractivity (Wildman–Crippen MR) is 96.6 cm³/mol. The van der Waals surface area contributed by atoms with Crippen molar-refractivity contribution < 1.29 is 18.4 Å². The minimum absolute atomic E-state index is 0.0557. The number of rotatable bonds is 3. The summed E-state index contributed by atoms with van der Waals surface area (Å²) >= 11 is 0. The standard InChI is InChI=1S/C21H26F2N2O2/c22-17-7-6-15(12-18(17)23)13-24-10-3-8-21(20(24)27)9-11-25(14-21)19(26)16-4-1-2-5-16/h6-7,12,16H,1-5,8-11,13-14H2. The van der Waals surface area contributed by atoms with E-state index in [2.05, 4.69) is 0 Å². The summed E-state index contributed by atoms with van der Waals surface area (Å²) in [5.74, 6) is -1.36. The maximum absolute atomic E-state index is 13.5. The molecule has 1 saturated carbocycles. The van der Waals surface area contributed by atoms with Gasteiger partial charge in [0.1, 0.15) is 0 Å². The van der Waals surface area contributed by atoms with E-state index in [1.165, 1.54) is 6.07 Å². The first kappa shape index (κ1) is 18.4. The number of carbonyl (C=O) groups excluding carboxylic acids is 2. The van der Waals surface area contributed by atoms with Crippen LogP contribution in [0.3, 0.4) is 0 Å². The molecule has 6 heteroatoms. The minimum atomic E-state index is -0.888. The van der Waals surface area contributed by atoms with Crippen molar-refractivity contribution in [2.75, 3.05) is 19.6 Å². The Balaban J connectivity index is 1.45. The van der Waals surface area contributed by atoms with Crippen LogP contribution < -0.4 is 0 Å². The van der Waals surface area contributed by atoms with Gasteiger partial charge in [-0.05, 0) is 49.8 Å². The molecule has 1 aliphatic carbocycles. The number of likely N-dealkylation sites (tertiary alicyclic amines) is 2. The van der Waals surface area contributed by atoms with Gasteiger partial charge in [0.15, 0.2) is 11.6 Å². The van der Waals surface area contributed by atoms with Gasteiger partial charge in [-0.3, -0.25) is 9.59 Å². The van der Waals surface area contributed by atoms with Crippen molar-refractivity contribution >= 4 is 11.8 Å². The zero-order valence-electron chi connectivity index (χ0n) is 15.6. The van der Waals surface area contributed by atoms with Gasteiger partial charge in [0.2, 0.25) is 11.8 Å². The lowest BCUT2D eigenvalue weighted by molar-refractivity contribution is -0.147. The van der Waals surface area contributed by atoms with Crippen LogP contribution in [0.4, 0.5) is 8.78 Å². The third kappa shape index (κ3) is 3.46. The van der Waals surface area contributed by atoms with E-state index in [0.717, 1.165) is 50.7 Å². The van der Waals surface area contributed by atoms with E-state index in [1.54, 1.807) is 4.90 Å². The molecular formula is C21H26F2N2O2. The minimum Gasteiger partial charge on any atom is -0.341 e. The van der Waals surface area contributed by atoms with Crippen molar-refractivity contribution in [1.29, 1.82) is 0 Å². The van der Waals surface area contributed by atoms with E-state index < -0.39 is 17.0 Å². The van der Waals surface area contributed by atoms with Gasteiger partial charge in [-0.25, -0.2) is 8.78 Å². The van der Waals surface area contributed by atoms with Crippen LogP contribution in [-0.4, -0.2) is 41.2 Å². The Labute approximate surface area is 158 Å². The van der Waals surface area contributed by atoms with Crippen LogP contribution in [0.1, 0.15) is 50.5 Å². The molecule has 2 aliphatic heterocycles. The van der Waals surface area contributed by atoms with E-state index in [0.29, 0.717) is 31.6 Å². The Kier molecular flexibility index (Phi) is 4.91. The Morgan fingerprint density at radius 1 is 1.07 bits per heavy atom. The van der Waals surface area contributed by atoms with Crippen molar-refractivity contribution in [3.8, 4) is 0 Å². The Morgan fingerprint density at radius 3 is 2.59 bits per heavy atom. The number of halogens is 2. The van der Waals surface area contributed by atoms with E-state index in [-0.39, 0.29) is 24.3 Å². The summed E-state index contributed by atoms with van der Waals surface area (Å²) in [6, 6.07) is 3.79. The summed E-state index contributed by atoms with van der Waals surface area (Å²) in [5, 5.41) is 0. The van der Waals surface area contributed by atoms with Gasteiger partial charge < -0.3 is 9.80 Å². The van der Waals surface area contributed by atoms with Crippen molar-refractivity contribution in [1.82, 2.24) is 9.80 Å². The van der Waals surface area contributed by atoms with E-state index in [4.69, 9.17) is 0 Å². The first-order chi connectivity index (χ1) is 13.0. The molecule has 3 aliphatic rings. The number of piperidine rings is 1. The SMILES string of the molecule is O=C(C1CCCC1)N1CCC2(CCCN(Cc3ccc(F)c(F)c3)C2=O)C1. The van der Waals surface area contributed by atoms with Gasteiger partial charge >= 0.3 is 0 Å². The number of nitrogens with zero attached hydrogens (tertiary/aromatic N) is 2. The summed E-state index contributed by atoms with van der Waals surface area (Å²) in [6.45, 7) is 2.07. The van der Waals surface area contributed by atoms with E-state index in [1.807, 2.05) is 4.90 Å². The van der Waals surface area contributed by atoms with Gasteiger partial charge in [0.25, 0.3) is 0 Å². The molecule has 2 saturated heterocycles. The molecule has 27 heavy (non-hydrogen) atoms. The Bertz CT molecular complexity index is 748. The molecule has 4 rings (SSSR count). The second kappa shape index (κ2) is 7.21. The molecule has 1 spiro atoms. The second-order valence-corrected chi connectivity index (χ2v) is 8.35. The second-order valence-electron chi connectivity index (χ2n) is 8.35. The molecule has 0 aromatic heterocycles. The maximum atomic E-state index is 13.5. The average molecular weight is 376 g/mol. The smallest absolute Gasteiger partial charge is 0.230 e. The van der Waals surface area contributed by atoms with Crippen molar-refractivity contribution in [3.63, 3.8) is 0 Å². The van der Waals surface area contributed by atoms with Crippen LogP contribution >= 0.6 is 0 Å². The highest BCUT2D eigenvalue weighted by Gasteiger charge is 2.50. The molecule has 3 fully saturated rings. The van der Waals surface area contributed by atoms with Gasteiger partial charge in [-0.2, -0.15) is 0 Å². The fraction of sp³-hybridized carbons (Fsp3) is 0.619. The zero-order valence-corrected chi connectivity index (χ0v) is 15.6. The summed E-state index contributed by atoms with van der Waals surface area (Å²) in [5.41, 5.74) is 0.0987. The first-order valence-corrected chi connectivity index (χ1v) is 10.0. The normalized spacial score (nSPS) is 26.4. The van der Waals surface area contributed by atoms with Gasteiger partial charge in [0.05, 0.1) is 5.41 Å². The lowest BCUT2D eigenvalue weighted by atomic mass is 9.78. The molecule has 146 valence electrons. The Hall–Kier alpha value is -1.98. The molecule has 0 bridgehead atoms. The summed E-state index contributed by atoms with van der Waals surface area (Å²) in [4.78, 5) is 29.6. The number of hydrogen-bond donors (Lipinski definition) is 0. The van der Waals surface area contributed by atoms with Crippen LogP contribution in [0.25, 0.3) is 0 Å². The van der Waals surface area contributed by atoms with Crippen LogP contribution in [0.2, 0.25) is 0 Å². The quantitative estimate of drug-likeness (QED) is 0.810. The zero-order chi connectivity index (χ0) is 19.0. The summed E-state index contributed by atoms with van der Waals surface area (Å²) in [6.07, 6.45) is 6.57. The van der Waals surface area contributed by atoms with E-state index >= 15 is 0 Å². The fourth-order valence-electron chi connectivity index (χ4n) is 5.03. The highest BCUT2D eigenvalue weighted by Crippen LogP contribution is 2.41.